The van der Waals surface area contributed by atoms with Crippen molar-refractivity contribution in [1.82, 2.24) is 0 Å². The number of aliphatic hydroxyl groups is 1. The van der Waals surface area contributed by atoms with Crippen molar-refractivity contribution in [1.29, 1.82) is 0 Å². The number of allylic oxidation sites excluding steroid dienone is 2. The minimum Gasteiger partial charge on any atom is -0.389 e. The second-order valence-corrected chi connectivity index (χ2v) is 9.48. The largest absolute Gasteiger partial charge is 0.389 e. The Hall–Kier alpha value is -0.960. The Morgan fingerprint density at radius 2 is 2.00 bits per heavy atom. The summed E-state index contributed by atoms with van der Waals surface area (Å²) in [4.78, 5) is 12.1. The van der Waals surface area contributed by atoms with Gasteiger partial charge in [0.2, 0.25) is 0 Å². The van der Waals surface area contributed by atoms with E-state index in [2.05, 4.69) is 20.8 Å². The summed E-state index contributed by atoms with van der Waals surface area (Å²) in [7, 11) is 0. The van der Waals surface area contributed by atoms with Gasteiger partial charge in [0.15, 0.2) is 5.78 Å². The van der Waals surface area contributed by atoms with Crippen molar-refractivity contribution in [2.24, 2.45) is 34.5 Å². The molecule has 4 aliphatic rings. The van der Waals surface area contributed by atoms with E-state index in [1.165, 1.54) is 5.57 Å². The van der Waals surface area contributed by atoms with Crippen molar-refractivity contribution in [3.63, 3.8) is 0 Å². The van der Waals surface area contributed by atoms with Gasteiger partial charge in [-0.1, -0.05) is 26.3 Å². The molecule has 3 fully saturated rings. The molecule has 3 heteroatoms. The molecule has 0 bridgehead atoms. The van der Waals surface area contributed by atoms with Gasteiger partial charge in [-0.15, -0.1) is 0 Å². The molecular weight excluding hydrogens is 315 g/mol. The molecule has 0 aromatic heterocycles. The van der Waals surface area contributed by atoms with Gasteiger partial charge in [-0.05, 0) is 84.7 Å². The van der Waals surface area contributed by atoms with E-state index in [0.29, 0.717) is 35.9 Å². The van der Waals surface area contributed by atoms with E-state index >= 15 is 0 Å². The molecule has 0 unspecified atom stereocenters. The maximum atomic E-state index is 14.3. The second kappa shape index (κ2) is 5.77. The zero-order valence-electron chi connectivity index (χ0n) is 15.8. The molecule has 0 amide bonds. The van der Waals surface area contributed by atoms with Crippen LogP contribution in [0.4, 0.5) is 4.39 Å². The van der Waals surface area contributed by atoms with E-state index in [9.17, 15) is 14.3 Å². The van der Waals surface area contributed by atoms with Crippen LogP contribution >= 0.6 is 0 Å². The zero-order chi connectivity index (χ0) is 18.0. The molecule has 3 saturated carbocycles. The third kappa shape index (κ3) is 2.27. The van der Waals surface area contributed by atoms with Gasteiger partial charge >= 0.3 is 0 Å². The fraction of sp³-hybridized carbons (Fsp3) is 0.773. The van der Waals surface area contributed by atoms with Crippen molar-refractivity contribution in [3.8, 4) is 0 Å². The molecule has 1 N–H and O–H groups in total. The van der Waals surface area contributed by atoms with Gasteiger partial charge in [0.1, 0.15) is 5.83 Å². The van der Waals surface area contributed by atoms with E-state index in [1.54, 1.807) is 0 Å². The van der Waals surface area contributed by atoms with Gasteiger partial charge in [-0.2, -0.15) is 0 Å². The molecule has 0 aromatic rings. The fourth-order valence-electron chi connectivity index (χ4n) is 7.29. The monoisotopic (exact) mass is 346 g/mol. The quantitative estimate of drug-likeness (QED) is 0.727. The summed E-state index contributed by atoms with van der Waals surface area (Å²) >= 11 is 0. The van der Waals surface area contributed by atoms with Crippen LogP contribution in [0.15, 0.2) is 23.0 Å². The average Bonchev–Trinajstić information content (AvgIpc) is 2.93. The molecule has 0 saturated heterocycles. The van der Waals surface area contributed by atoms with Crippen molar-refractivity contribution in [2.75, 3.05) is 6.61 Å². The van der Waals surface area contributed by atoms with E-state index in [1.807, 2.05) is 6.08 Å². The predicted octanol–water partition coefficient (Wildman–Crippen LogP) is 4.98. The number of fused-ring (bicyclic) bond motifs is 5. The zero-order valence-corrected chi connectivity index (χ0v) is 15.8. The normalized spacial score (nSPS) is 48.4. The number of halogens is 1. The maximum Gasteiger partial charge on any atom is 0.155 e. The van der Waals surface area contributed by atoms with Gasteiger partial charge in [0, 0.05) is 6.42 Å². The minimum absolute atomic E-state index is 0.0702. The number of hydrogen-bond acceptors (Lipinski definition) is 2. The smallest absolute Gasteiger partial charge is 0.155 e. The second-order valence-electron chi connectivity index (χ2n) is 9.48. The average molecular weight is 346 g/mol. The molecule has 0 aliphatic heterocycles. The van der Waals surface area contributed by atoms with E-state index in [-0.39, 0.29) is 16.7 Å². The number of hydrogen-bond donors (Lipinski definition) is 1. The number of aliphatic hydroxyl groups excluding tert-OH is 1. The number of ketones is 1. The van der Waals surface area contributed by atoms with Crippen LogP contribution < -0.4 is 0 Å². The summed E-state index contributed by atoms with van der Waals surface area (Å²) in [6.45, 7) is 6.45. The molecule has 138 valence electrons. The summed E-state index contributed by atoms with van der Waals surface area (Å²) in [5.74, 6) is 2.20. The lowest BCUT2D eigenvalue weighted by Gasteiger charge is -2.59. The lowest BCUT2D eigenvalue weighted by atomic mass is 9.45. The van der Waals surface area contributed by atoms with E-state index in [4.69, 9.17) is 0 Å². The number of carbonyl (C=O) groups is 1. The molecular formula is C22H31FO2. The summed E-state index contributed by atoms with van der Waals surface area (Å²) in [5, 5.41) is 9.32. The molecule has 6 atom stereocenters. The maximum absolute atomic E-state index is 14.3. The highest BCUT2D eigenvalue weighted by Gasteiger charge is 2.59. The topological polar surface area (TPSA) is 37.3 Å². The van der Waals surface area contributed by atoms with Crippen molar-refractivity contribution in [3.05, 3.63) is 23.0 Å². The molecule has 0 heterocycles. The molecule has 4 aliphatic carbocycles. The van der Waals surface area contributed by atoms with E-state index < -0.39 is 6.61 Å². The van der Waals surface area contributed by atoms with Gasteiger partial charge in [0.25, 0.3) is 0 Å². The Morgan fingerprint density at radius 3 is 2.72 bits per heavy atom. The van der Waals surface area contributed by atoms with Gasteiger partial charge in [0.05, 0.1) is 6.61 Å². The minimum atomic E-state index is -0.449. The van der Waals surface area contributed by atoms with Gasteiger partial charge in [-0.3, -0.25) is 4.79 Å². The standard InChI is InChI=1S/C22H31FO2/c1-13-10-15(25)11-14-4-5-16-17-6-7-19(20(23)12-24)21(17,2)9-8-18(16)22(13,14)3/h11,13,16-18,24H,4-10,12H2,1-3H3/t13-,16-,17-,18-,21-,22-/m0/s1. The molecule has 25 heavy (non-hydrogen) atoms. The van der Waals surface area contributed by atoms with Crippen molar-refractivity contribution < 1.29 is 14.3 Å². The molecule has 2 nitrogen and oxygen atoms in total. The molecule has 0 aromatic carbocycles. The Balaban J connectivity index is 1.71. The molecule has 0 radical (unpaired) electrons. The van der Waals surface area contributed by atoms with Crippen LogP contribution in [0.2, 0.25) is 0 Å². The summed E-state index contributed by atoms with van der Waals surface area (Å²) in [6.07, 6.45) is 8.80. The summed E-state index contributed by atoms with van der Waals surface area (Å²) in [6, 6.07) is 0. The van der Waals surface area contributed by atoms with Crippen LogP contribution in [-0.4, -0.2) is 17.5 Å². The number of carbonyl (C=O) groups excluding carboxylic acids is 1. The predicted molar refractivity (Wildman–Crippen MR) is 96.5 cm³/mol. The lowest BCUT2D eigenvalue weighted by molar-refractivity contribution is -0.119. The summed E-state index contributed by atoms with van der Waals surface area (Å²) in [5.41, 5.74) is 2.35. The molecule has 0 spiro atoms. The third-order valence-corrected chi connectivity index (χ3v) is 8.76. The lowest BCUT2D eigenvalue weighted by Crippen LogP contribution is -2.52. The van der Waals surface area contributed by atoms with Crippen molar-refractivity contribution in [2.45, 2.75) is 65.7 Å². The molecule has 4 rings (SSSR count). The van der Waals surface area contributed by atoms with Crippen LogP contribution in [0.5, 0.6) is 0 Å². The van der Waals surface area contributed by atoms with Crippen LogP contribution in [0.25, 0.3) is 0 Å². The van der Waals surface area contributed by atoms with Gasteiger partial charge < -0.3 is 5.11 Å². The highest BCUT2D eigenvalue weighted by atomic mass is 19.1. The van der Waals surface area contributed by atoms with Gasteiger partial charge in [-0.25, -0.2) is 4.39 Å². The fourth-order valence-corrected chi connectivity index (χ4v) is 7.29. The third-order valence-electron chi connectivity index (χ3n) is 8.76. The van der Waals surface area contributed by atoms with Crippen LogP contribution in [0, 0.1) is 34.5 Å². The first-order chi connectivity index (χ1) is 11.8. The Kier molecular flexibility index (Phi) is 4.03. The first-order valence-electron chi connectivity index (χ1n) is 10.0. The van der Waals surface area contributed by atoms with Crippen LogP contribution in [-0.2, 0) is 4.79 Å². The summed E-state index contributed by atoms with van der Waals surface area (Å²) < 4.78 is 14.3. The highest BCUT2D eigenvalue weighted by Crippen LogP contribution is 2.67. The number of rotatable bonds is 1. The van der Waals surface area contributed by atoms with E-state index in [0.717, 1.165) is 44.1 Å². The first kappa shape index (κ1) is 17.5. The Labute approximate surface area is 150 Å². The Bertz CT molecular complexity index is 663. The highest BCUT2D eigenvalue weighted by molar-refractivity contribution is 5.92. The first-order valence-corrected chi connectivity index (χ1v) is 10.0. The Morgan fingerprint density at radius 1 is 1.24 bits per heavy atom. The van der Waals surface area contributed by atoms with Crippen molar-refractivity contribution >= 4 is 5.78 Å². The van der Waals surface area contributed by atoms with Crippen LogP contribution in [0.3, 0.4) is 0 Å². The van der Waals surface area contributed by atoms with Crippen LogP contribution in [0.1, 0.15) is 65.7 Å². The SMILES string of the molecule is C[C@H]1CC(=O)C=C2CC[C@@H]3[C@H](CC[C@]4(C)C(=C(F)CO)CC[C@@H]34)[C@]21C.